The summed E-state index contributed by atoms with van der Waals surface area (Å²) in [6.07, 6.45) is 4.22. The lowest BCUT2D eigenvalue weighted by atomic mass is 10.0. The molecule has 100 valence electrons. The summed E-state index contributed by atoms with van der Waals surface area (Å²) in [4.78, 5) is 15.7. The first-order valence-corrected chi connectivity index (χ1v) is 6.55. The Balaban J connectivity index is 2.46. The number of aromatic nitrogens is 1. The molecule has 1 atom stereocenters. The maximum absolute atomic E-state index is 11.8. The molecular weight excluding hydrogens is 252 g/mol. The van der Waals surface area contributed by atoms with Crippen LogP contribution in [0.2, 0.25) is 5.15 Å². The average molecular weight is 271 g/mol. The number of halogens is 1. The standard InChI is InChI=1S/C13H19ClN2O2/c1-2-3-10(6-7-17)8-16-13(18)11-4-5-12(14)15-9-11/h4-5,9-10,17H,2-3,6-8H2,1H3,(H,16,18). The van der Waals surface area contributed by atoms with Gasteiger partial charge in [-0.05, 0) is 30.9 Å². The molecule has 0 aromatic carbocycles. The Morgan fingerprint density at radius 1 is 1.50 bits per heavy atom. The van der Waals surface area contributed by atoms with Gasteiger partial charge in [0.25, 0.3) is 5.91 Å². The van der Waals surface area contributed by atoms with E-state index in [1.807, 2.05) is 0 Å². The van der Waals surface area contributed by atoms with Crippen LogP contribution in [0.4, 0.5) is 0 Å². The first-order valence-electron chi connectivity index (χ1n) is 6.18. The van der Waals surface area contributed by atoms with Crippen molar-refractivity contribution in [2.75, 3.05) is 13.2 Å². The van der Waals surface area contributed by atoms with Gasteiger partial charge >= 0.3 is 0 Å². The molecule has 0 aliphatic rings. The van der Waals surface area contributed by atoms with Gasteiger partial charge in [-0.2, -0.15) is 0 Å². The van der Waals surface area contributed by atoms with Gasteiger partial charge in [0.2, 0.25) is 0 Å². The van der Waals surface area contributed by atoms with Crippen molar-refractivity contribution in [1.82, 2.24) is 10.3 Å². The highest BCUT2D eigenvalue weighted by Gasteiger charge is 2.10. The van der Waals surface area contributed by atoms with E-state index in [0.29, 0.717) is 29.6 Å². The van der Waals surface area contributed by atoms with Crippen LogP contribution in [0.15, 0.2) is 18.3 Å². The summed E-state index contributed by atoms with van der Waals surface area (Å²) in [5.41, 5.74) is 0.499. The van der Waals surface area contributed by atoms with E-state index in [0.717, 1.165) is 12.8 Å². The molecule has 0 aliphatic carbocycles. The van der Waals surface area contributed by atoms with Crippen LogP contribution in [-0.2, 0) is 0 Å². The Hall–Kier alpha value is -1.13. The summed E-state index contributed by atoms with van der Waals surface area (Å²) >= 11 is 5.66. The Morgan fingerprint density at radius 2 is 2.28 bits per heavy atom. The molecule has 0 bridgehead atoms. The Kier molecular flexibility index (Phi) is 6.68. The molecule has 0 saturated heterocycles. The van der Waals surface area contributed by atoms with Gasteiger partial charge in [0.05, 0.1) is 5.56 Å². The molecule has 18 heavy (non-hydrogen) atoms. The molecule has 1 aromatic rings. The first kappa shape index (κ1) is 14.9. The highest BCUT2D eigenvalue weighted by Crippen LogP contribution is 2.10. The highest BCUT2D eigenvalue weighted by molar-refractivity contribution is 6.29. The minimum Gasteiger partial charge on any atom is -0.396 e. The molecule has 0 spiro atoms. The quantitative estimate of drug-likeness (QED) is 0.747. The predicted molar refractivity (Wildman–Crippen MR) is 71.7 cm³/mol. The second kappa shape index (κ2) is 8.06. The van der Waals surface area contributed by atoms with E-state index in [-0.39, 0.29) is 12.5 Å². The number of pyridine rings is 1. The fourth-order valence-corrected chi connectivity index (χ4v) is 1.90. The largest absolute Gasteiger partial charge is 0.396 e. The molecule has 0 saturated carbocycles. The van der Waals surface area contributed by atoms with Crippen molar-refractivity contribution in [3.05, 3.63) is 29.0 Å². The number of hydrogen-bond donors (Lipinski definition) is 2. The molecule has 5 heteroatoms. The number of hydrogen-bond acceptors (Lipinski definition) is 3. The van der Waals surface area contributed by atoms with Crippen LogP contribution in [0.25, 0.3) is 0 Å². The van der Waals surface area contributed by atoms with E-state index < -0.39 is 0 Å². The number of aliphatic hydroxyl groups excluding tert-OH is 1. The molecule has 0 aliphatic heterocycles. The van der Waals surface area contributed by atoms with Crippen LogP contribution in [0.3, 0.4) is 0 Å². The van der Waals surface area contributed by atoms with E-state index in [2.05, 4.69) is 17.2 Å². The van der Waals surface area contributed by atoms with Gasteiger partial charge in [0.15, 0.2) is 0 Å². The third-order valence-electron chi connectivity index (χ3n) is 2.78. The van der Waals surface area contributed by atoms with Gasteiger partial charge in [-0.15, -0.1) is 0 Å². The zero-order valence-electron chi connectivity index (χ0n) is 10.5. The molecule has 2 N–H and O–H groups in total. The van der Waals surface area contributed by atoms with Crippen molar-refractivity contribution in [2.45, 2.75) is 26.2 Å². The lowest BCUT2D eigenvalue weighted by Gasteiger charge is -2.15. The summed E-state index contributed by atoms with van der Waals surface area (Å²) < 4.78 is 0. The van der Waals surface area contributed by atoms with Crippen LogP contribution in [0.1, 0.15) is 36.5 Å². The molecule has 1 unspecified atom stereocenters. The number of nitrogens with one attached hydrogen (secondary N) is 1. The lowest BCUT2D eigenvalue weighted by Crippen LogP contribution is -2.29. The minimum atomic E-state index is -0.154. The minimum absolute atomic E-state index is 0.154. The molecule has 1 rings (SSSR count). The monoisotopic (exact) mass is 270 g/mol. The molecule has 4 nitrogen and oxygen atoms in total. The van der Waals surface area contributed by atoms with Crippen molar-refractivity contribution in [3.8, 4) is 0 Å². The van der Waals surface area contributed by atoms with Crippen LogP contribution >= 0.6 is 11.6 Å². The maximum atomic E-state index is 11.8. The van der Waals surface area contributed by atoms with Crippen molar-refractivity contribution in [3.63, 3.8) is 0 Å². The van der Waals surface area contributed by atoms with Crippen LogP contribution < -0.4 is 5.32 Å². The number of carbonyl (C=O) groups excluding carboxylic acids is 1. The highest BCUT2D eigenvalue weighted by atomic mass is 35.5. The third-order valence-corrected chi connectivity index (χ3v) is 3.00. The van der Waals surface area contributed by atoms with Gasteiger partial charge in [-0.25, -0.2) is 4.98 Å². The third kappa shape index (κ3) is 5.02. The Morgan fingerprint density at radius 3 is 2.83 bits per heavy atom. The number of amides is 1. The van der Waals surface area contributed by atoms with E-state index in [1.165, 1.54) is 6.20 Å². The number of aliphatic hydroxyl groups is 1. The van der Waals surface area contributed by atoms with Gasteiger partial charge < -0.3 is 10.4 Å². The fraction of sp³-hybridized carbons (Fsp3) is 0.538. The molecule has 0 fully saturated rings. The van der Waals surface area contributed by atoms with Crippen molar-refractivity contribution in [1.29, 1.82) is 0 Å². The van der Waals surface area contributed by atoms with E-state index in [9.17, 15) is 4.79 Å². The summed E-state index contributed by atoms with van der Waals surface area (Å²) in [5, 5.41) is 12.2. The number of nitrogens with zero attached hydrogens (tertiary/aromatic N) is 1. The maximum Gasteiger partial charge on any atom is 0.252 e. The SMILES string of the molecule is CCCC(CCO)CNC(=O)c1ccc(Cl)nc1. The van der Waals surface area contributed by atoms with E-state index in [1.54, 1.807) is 12.1 Å². The lowest BCUT2D eigenvalue weighted by molar-refractivity contribution is 0.0942. The first-order chi connectivity index (χ1) is 8.67. The summed E-state index contributed by atoms with van der Waals surface area (Å²) in [6.45, 7) is 2.83. The smallest absolute Gasteiger partial charge is 0.252 e. The zero-order chi connectivity index (χ0) is 13.4. The van der Waals surface area contributed by atoms with Crippen LogP contribution in [-0.4, -0.2) is 29.1 Å². The molecule has 1 aromatic heterocycles. The van der Waals surface area contributed by atoms with Gasteiger partial charge in [0, 0.05) is 19.3 Å². The zero-order valence-corrected chi connectivity index (χ0v) is 11.3. The topological polar surface area (TPSA) is 62.2 Å². The van der Waals surface area contributed by atoms with Gasteiger partial charge in [-0.3, -0.25) is 4.79 Å². The Labute approximate surface area is 112 Å². The molecule has 0 radical (unpaired) electrons. The summed E-state index contributed by atoms with van der Waals surface area (Å²) in [5.74, 6) is 0.169. The average Bonchev–Trinajstić information content (AvgIpc) is 2.37. The van der Waals surface area contributed by atoms with Crippen molar-refractivity contribution < 1.29 is 9.90 Å². The number of carbonyl (C=O) groups is 1. The summed E-state index contributed by atoms with van der Waals surface area (Å²) in [6, 6.07) is 3.24. The Bertz CT molecular complexity index is 362. The van der Waals surface area contributed by atoms with Crippen LogP contribution in [0, 0.1) is 5.92 Å². The van der Waals surface area contributed by atoms with Gasteiger partial charge in [0.1, 0.15) is 5.15 Å². The number of rotatable bonds is 7. The predicted octanol–water partition coefficient (Wildman–Crippen LogP) is 2.26. The second-order valence-corrected chi connectivity index (χ2v) is 4.63. The fourth-order valence-electron chi connectivity index (χ4n) is 1.79. The van der Waals surface area contributed by atoms with Crippen molar-refractivity contribution >= 4 is 17.5 Å². The molecule has 1 heterocycles. The van der Waals surface area contributed by atoms with E-state index in [4.69, 9.17) is 16.7 Å². The summed E-state index contributed by atoms with van der Waals surface area (Å²) in [7, 11) is 0. The van der Waals surface area contributed by atoms with Gasteiger partial charge in [-0.1, -0.05) is 24.9 Å². The van der Waals surface area contributed by atoms with E-state index >= 15 is 0 Å². The molecule has 1 amide bonds. The van der Waals surface area contributed by atoms with Crippen LogP contribution in [0.5, 0.6) is 0 Å². The van der Waals surface area contributed by atoms with Crippen molar-refractivity contribution in [2.24, 2.45) is 5.92 Å². The molecular formula is C13H19ClN2O2. The second-order valence-electron chi connectivity index (χ2n) is 4.25. The normalized spacial score (nSPS) is 12.2.